The molecule has 2 heterocycles. The number of anilines is 1. The maximum absolute atomic E-state index is 13.8. The van der Waals surface area contributed by atoms with Crippen LogP contribution in [0.25, 0.3) is 0 Å². The first-order chi connectivity index (χ1) is 16.1. The quantitative estimate of drug-likeness (QED) is 0.641. The Bertz CT molecular complexity index is 1120. The SMILES string of the molecule is CCOC(=O)c1cc2n(n1)C[C@](C)(C(=O)NC1CCC(C)CC1)N(c1cc(Cl)ccc1C)C2=O. The zero-order chi connectivity index (χ0) is 24.6. The second kappa shape index (κ2) is 9.41. The first-order valence-corrected chi connectivity index (χ1v) is 12.2. The third-order valence-corrected chi connectivity index (χ3v) is 7.13. The van der Waals surface area contributed by atoms with Gasteiger partial charge >= 0.3 is 5.97 Å². The zero-order valence-electron chi connectivity index (χ0n) is 20.1. The Morgan fingerprint density at radius 2 is 1.94 bits per heavy atom. The molecule has 1 aliphatic carbocycles. The lowest BCUT2D eigenvalue weighted by atomic mass is 9.86. The summed E-state index contributed by atoms with van der Waals surface area (Å²) in [4.78, 5) is 41.4. The summed E-state index contributed by atoms with van der Waals surface area (Å²) in [6, 6.07) is 6.75. The number of carbonyl (C=O) groups is 3. The van der Waals surface area contributed by atoms with Crippen molar-refractivity contribution in [1.29, 1.82) is 0 Å². The van der Waals surface area contributed by atoms with E-state index in [1.165, 1.54) is 15.6 Å². The minimum atomic E-state index is -1.28. The Hall–Kier alpha value is -2.87. The molecule has 9 heteroatoms. The predicted octanol–water partition coefficient (Wildman–Crippen LogP) is 4.14. The number of benzene rings is 1. The average molecular weight is 487 g/mol. The molecule has 0 saturated heterocycles. The molecule has 0 unspecified atom stereocenters. The maximum Gasteiger partial charge on any atom is 0.358 e. The highest BCUT2D eigenvalue weighted by Crippen LogP contribution is 2.36. The van der Waals surface area contributed by atoms with Gasteiger partial charge in [0.25, 0.3) is 5.91 Å². The number of nitrogens with one attached hydrogen (secondary N) is 1. The summed E-state index contributed by atoms with van der Waals surface area (Å²) in [5, 5.41) is 7.96. The Morgan fingerprint density at radius 3 is 2.62 bits per heavy atom. The van der Waals surface area contributed by atoms with Crippen molar-refractivity contribution in [3.05, 3.63) is 46.2 Å². The molecule has 1 atom stereocenters. The predicted molar refractivity (Wildman–Crippen MR) is 129 cm³/mol. The van der Waals surface area contributed by atoms with E-state index in [1.54, 1.807) is 26.0 Å². The van der Waals surface area contributed by atoms with Crippen LogP contribution < -0.4 is 10.2 Å². The standard InChI is InChI=1S/C25H31ClN4O4/c1-5-34-23(32)19-13-21-22(31)30(20-12-17(26)9-8-16(20)3)25(4,14-29(21)28-19)24(33)27-18-10-6-15(2)7-11-18/h8-9,12-13,15,18H,5-7,10-11,14H2,1-4H3,(H,27,33)/t15?,18?,25-/m1/s1. The van der Waals surface area contributed by atoms with Gasteiger partial charge in [-0.1, -0.05) is 24.6 Å². The van der Waals surface area contributed by atoms with E-state index in [4.69, 9.17) is 16.3 Å². The van der Waals surface area contributed by atoms with Crippen molar-refractivity contribution in [1.82, 2.24) is 15.1 Å². The summed E-state index contributed by atoms with van der Waals surface area (Å²) in [5.41, 5.74) is 0.345. The number of fused-ring (bicyclic) bond motifs is 1. The third-order valence-electron chi connectivity index (χ3n) is 6.89. The summed E-state index contributed by atoms with van der Waals surface area (Å²) in [5.74, 6) is -0.628. The Labute approximate surface area is 204 Å². The van der Waals surface area contributed by atoms with Gasteiger partial charge in [0.1, 0.15) is 11.2 Å². The Morgan fingerprint density at radius 1 is 1.24 bits per heavy atom. The Balaban J connectivity index is 1.75. The molecule has 1 aromatic carbocycles. The lowest BCUT2D eigenvalue weighted by Crippen LogP contribution is -2.65. The summed E-state index contributed by atoms with van der Waals surface area (Å²) in [6.45, 7) is 7.83. The largest absolute Gasteiger partial charge is 0.461 e. The average Bonchev–Trinajstić information content (AvgIpc) is 3.22. The molecule has 0 radical (unpaired) electrons. The van der Waals surface area contributed by atoms with Gasteiger partial charge in [-0.25, -0.2) is 4.79 Å². The minimum absolute atomic E-state index is 0.0406. The van der Waals surface area contributed by atoms with Crippen molar-refractivity contribution in [2.75, 3.05) is 11.5 Å². The smallest absolute Gasteiger partial charge is 0.358 e. The van der Waals surface area contributed by atoms with Crippen LogP contribution in [0.2, 0.25) is 5.02 Å². The van der Waals surface area contributed by atoms with Crippen molar-refractivity contribution in [2.24, 2.45) is 5.92 Å². The number of aromatic nitrogens is 2. The van der Waals surface area contributed by atoms with Crippen LogP contribution in [0.15, 0.2) is 24.3 Å². The normalized spacial score (nSPS) is 24.5. The van der Waals surface area contributed by atoms with Crippen molar-refractivity contribution < 1.29 is 19.1 Å². The fourth-order valence-corrected chi connectivity index (χ4v) is 5.00. The molecule has 2 aliphatic rings. The van der Waals surface area contributed by atoms with E-state index >= 15 is 0 Å². The van der Waals surface area contributed by atoms with Crippen molar-refractivity contribution in [2.45, 2.75) is 71.5 Å². The molecule has 8 nitrogen and oxygen atoms in total. The number of rotatable bonds is 5. The topological polar surface area (TPSA) is 93.5 Å². The van der Waals surface area contributed by atoms with E-state index in [1.807, 2.05) is 13.0 Å². The third kappa shape index (κ3) is 4.43. The fourth-order valence-electron chi connectivity index (χ4n) is 4.83. The van der Waals surface area contributed by atoms with Crippen molar-refractivity contribution in [3.63, 3.8) is 0 Å². The van der Waals surface area contributed by atoms with Gasteiger partial charge in [0.2, 0.25) is 5.91 Å². The number of amides is 2. The van der Waals surface area contributed by atoms with Gasteiger partial charge in [-0.05, 0) is 70.1 Å². The molecule has 1 saturated carbocycles. The number of nitrogens with zero attached hydrogens (tertiary/aromatic N) is 3. The molecule has 1 fully saturated rings. The fraction of sp³-hybridized carbons (Fsp3) is 0.520. The van der Waals surface area contributed by atoms with Crippen molar-refractivity contribution in [3.8, 4) is 0 Å². The molecule has 1 aromatic heterocycles. The van der Waals surface area contributed by atoms with Crippen LogP contribution in [0.1, 0.15) is 73.0 Å². The molecular weight excluding hydrogens is 456 g/mol. The van der Waals surface area contributed by atoms with E-state index in [9.17, 15) is 14.4 Å². The second-order valence-electron chi connectivity index (χ2n) is 9.57. The number of esters is 1. The van der Waals surface area contributed by atoms with Crippen LogP contribution in [0.4, 0.5) is 5.69 Å². The van der Waals surface area contributed by atoms with Gasteiger partial charge in [0.05, 0.1) is 13.2 Å². The van der Waals surface area contributed by atoms with Gasteiger partial charge in [-0.3, -0.25) is 19.2 Å². The van der Waals surface area contributed by atoms with E-state index in [0.29, 0.717) is 16.6 Å². The van der Waals surface area contributed by atoms with E-state index < -0.39 is 17.4 Å². The first-order valence-electron chi connectivity index (χ1n) is 11.8. The second-order valence-corrected chi connectivity index (χ2v) is 10.0. The molecule has 4 rings (SSSR count). The highest BCUT2D eigenvalue weighted by molar-refractivity contribution is 6.31. The highest BCUT2D eigenvalue weighted by atomic mass is 35.5. The molecule has 34 heavy (non-hydrogen) atoms. The molecular formula is C25H31ClN4O4. The molecule has 2 aromatic rings. The van der Waals surface area contributed by atoms with E-state index in [-0.39, 0.29) is 36.5 Å². The van der Waals surface area contributed by atoms with Gasteiger partial charge in [0, 0.05) is 22.8 Å². The van der Waals surface area contributed by atoms with Crippen LogP contribution in [0, 0.1) is 12.8 Å². The summed E-state index contributed by atoms with van der Waals surface area (Å²) in [7, 11) is 0. The highest BCUT2D eigenvalue weighted by Gasteiger charge is 2.50. The molecule has 1 N–H and O–H groups in total. The van der Waals surface area contributed by atoms with Crippen LogP contribution in [0.3, 0.4) is 0 Å². The van der Waals surface area contributed by atoms with Crippen LogP contribution in [-0.2, 0) is 16.1 Å². The van der Waals surface area contributed by atoms with Crippen LogP contribution in [-0.4, -0.2) is 45.8 Å². The van der Waals surface area contributed by atoms with Gasteiger partial charge in [0.15, 0.2) is 5.69 Å². The number of halogens is 1. The number of ether oxygens (including phenoxy) is 1. The number of hydrogen-bond donors (Lipinski definition) is 1. The summed E-state index contributed by atoms with van der Waals surface area (Å²) >= 11 is 6.29. The summed E-state index contributed by atoms with van der Waals surface area (Å²) in [6.07, 6.45) is 3.94. The minimum Gasteiger partial charge on any atom is -0.461 e. The summed E-state index contributed by atoms with van der Waals surface area (Å²) < 4.78 is 6.50. The Kier molecular flexibility index (Phi) is 6.71. The van der Waals surface area contributed by atoms with Gasteiger partial charge < -0.3 is 10.1 Å². The molecule has 0 spiro atoms. The molecule has 1 aliphatic heterocycles. The van der Waals surface area contributed by atoms with Gasteiger partial charge in [-0.2, -0.15) is 5.10 Å². The van der Waals surface area contributed by atoms with Gasteiger partial charge in [-0.15, -0.1) is 0 Å². The molecule has 2 amide bonds. The van der Waals surface area contributed by atoms with Crippen LogP contribution in [0.5, 0.6) is 0 Å². The number of hydrogen-bond acceptors (Lipinski definition) is 5. The number of aryl methyl sites for hydroxylation is 1. The maximum atomic E-state index is 13.8. The number of carbonyl (C=O) groups excluding carboxylic acids is 3. The zero-order valence-corrected chi connectivity index (χ0v) is 20.8. The lowest BCUT2D eigenvalue weighted by Gasteiger charge is -2.44. The van der Waals surface area contributed by atoms with Crippen molar-refractivity contribution >= 4 is 35.1 Å². The van der Waals surface area contributed by atoms with E-state index in [0.717, 1.165) is 31.2 Å². The molecule has 0 bridgehead atoms. The molecule has 182 valence electrons. The van der Waals surface area contributed by atoms with Crippen LogP contribution >= 0.6 is 11.6 Å². The lowest BCUT2D eigenvalue weighted by molar-refractivity contribution is -0.127. The first kappa shape index (κ1) is 24.3. The monoisotopic (exact) mass is 486 g/mol. The van der Waals surface area contributed by atoms with E-state index in [2.05, 4.69) is 17.3 Å².